The molecule has 1 fully saturated rings. The van der Waals surface area contributed by atoms with E-state index in [4.69, 9.17) is 4.74 Å². The Bertz CT molecular complexity index is 954. The number of thioether (sulfide) groups is 1. The van der Waals surface area contributed by atoms with Gasteiger partial charge in [-0.3, -0.25) is 4.57 Å². The van der Waals surface area contributed by atoms with E-state index < -0.39 is 31.1 Å². The van der Waals surface area contributed by atoms with Gasteiger partial charge in [-0.15, -0.1) is 0 Å². The number of rotatable bonds is 6. The van der Waals surface area contributed by atoms with Crippen LogP contribution in [0.4, 0.5) is 5.95 Å². The van der Waals surface area contributed by atoms with Gasteiger partial charge in [0.25, 0.3) is 0 Å². The van der Waals surface area contributed by atoms with Crippen molar-refractivity contribution in [1.82, 2.24) is 19.5 Å². The Morgan fingerprint density at radius 3 is 2.64 bits per heavy atom. The fourth-order valence-corrected chi connectivity index (χ4v) is 4.05. The third-order valence-corrected chi connectivity index (χ3v) is 5.66. The molecule has 0 unspecified atom stereocenters. The van der Waals surface area contributed by atoms with E-state index in [0.29, 0.717) is 22.1 Å². The molecule has 28 heavy (non-hydrogen) atoms. The predicted molar refractivity (Wildman–Crippen MR) is 104 cm³/mol. The van der Waals surface area contributed by atoms with E-state index >= 15 is 0 Å². The SMILES string of the molecule is CNc1nc(SCc2ccccc2)c2ncn([C@@H]3O[C@@H](CO)[C@@H](O)[C@H]3O)c2n1. The molecule has 4 rings (SSSR count). The molecular formula is C18H21N5O4S. The number of nitrogens with one attached hydrogen (secondary N) is 1. The summed E-state index contributed by atoms with van der Waals surface area (Å²) >= 11 is 1.54. The van der Waals surface area contributed by atoms with E-state index in [1.807, 2.05) is 30.3 Å². The highest BCUT2D eigenvalue weighted by Gasteiger charge is 2.44. The average molecular weight is 403 g/mol. The molecule has 4 N–H and O–H groups in total. The molecule has 0 bridgehead atoms. The van der Waals surface area contributed by atoms with E-state index in [1.165, 1.54) is 18.1 Å². The minimum absolute atomic E-state index is 0.393. The lowest BCUT2D eigenvalue weighted by Gasteiger charge is -2.16. The van der Waals surface area contributed by atoms with Gasteiger partial charge in [-0.25, -0.2) is 9.97 Å². The minimum atomic E-state index is -1.21. The quantitative estimate of drug-likeness (QED) is 0.349. The van der Waals surface area contributed by atoms with Crippen LogP contribution in [0.15, 0.2) is 41.7 Å². The zero-order valence-corrected chi connectivity index (χ0v) is 16.0. The Balaban J connectivity index is 1.69. The third kappa shape index (κ3) is 3.45. The van der Waals surface area contributed by atoms with E-state index in [1.54, 1.807) is 11.6 Å². The van der Waals surface area contributed by atoms with Gasteiger partial charge in [0.2, 0.25) is 5.95 Å². The van der Waals surface area contributed by atoms with Gasteiger partial charge < -0.3 is 25.4 Å². The Hall–Kier alpha value is -2.24. The smallest absolute Gasteiger partial charge is 0.225 e. The molecule has 1 saturated heterocycles. The second kappa shape index (κ2) is 8.02. The van der Waals surface area contributed by atoms with Crippen LogP contribution in [0, 0.1) is 0 Å². The lowest BCUT2D eigenvalue weighted by Crippen LogP contribution is -2.33. The fraction of sp³-hybridized carbons (Fsp3) is 0.389. The van der Waals surface area contributed by atoms with Gasteiger partial charge in [0, 0.05) is 12.8 Å². The van der Waals surface area contributed by atoms with Gasteiger partial charge in [0.05, 0.1) is 12.9 Å². The first kappa shape index (κ1) is 19.1. The van der Waals surface area contributed by atoms with Crippen LogP contribution < -0.4 is 5.32 Å². The van der Waals surface area contributed by atoms with Crippen LogP contribution in [-0.2, 0) is 10.5 Å². The standard InChI is InChI=1S/C18H21N5O4S/c1-19-18-21-15-12(16(22-18)28-8-10-5-3-2-4-6-10)20-9-23(15)17-14(26)13(25)11(7-24)27-17/h2-6,9,11,13-14,17,24-26H,7-8H2,1H3,(H,19,21,22)/t11-,13+,14+,17+/m0/s1. The molecule has 2 aromatic heterocycles. The molecule has 3 heterocycles. The molecule has 0 radical (unpaired) electrons. The number of fused-ring (bicyclic) bond motifs is 1. The molecule has 0 aliphatic carbocycles. The summed E-state index contributed by atoms with van der Waals surface area (Å²) in [5.41, 5.74) is 2.22. The molecule has 3 aromatic rings. The van der Waals surface area contributed by atoms with Crippen molar-refractivity contribution in [1.29, 1.82) is 0 Å². The molecule has 148 valence electrons. The van der Waals surface area contributed by atoms with Crippen LogP contribution >= 0.6 is 11.8 Å². The van der Waals surface area contributed by atoms with Gasteiger partial charge in [0.1, 0.15) is 28.9 Å². The first-order chi connectivity index (χ1) is 13.6. The van der Waals surface area contributed by atoms with Crippen molar-refractivity contribution in [3.05, 3.63) is 42.2 Å². The molecule has 10 heteroatoms. The number of hydrogen-bond acceptors (Lipinski definition) is 9. The molecule has 9 nitrogen and oxygen atoms in total. The van der Waals surface area contributed by atoms with Crippen molar-refractivity contribution >= 4 is 28.9 Å². The van der Waals surface area contributed by atoms with Crippen molar-refractivity contribution < 1.29 is 20.1 Å². The number of benzene rings is 1. The maximum atomic E-state index is 10.3. The Kier molecular flexibility index (Phi) is 5.47. The van der Waals surface area contributed by atoms with Crippen molar-refractivity contribution in [2.75, 3.05) is 19.0 Å². The highest BCUT2D eigenvalue weighted by atomic mass is 32.2. The summed E-state index contributed by atoms with van der Waals surface area (Å²) in [6.45, 7) is -0.393. The molecule has 1 aliphatic heterocycles. The predicted octanol–water partition coefficient (Wildman–Crippen LogP) is 0.772. The van der Waals surface area contributed by atoms with Gasteiger partial charge in [-0.2, -0.15) is 4.98 Å². The molecule has 0 spiro atoms. The fourth-order valence-electron chi connectivity index (χ4n) is 3.13. The summed E-state index contributed by atoms with van der Waals surface area (Å²) in [5.74, 6) is 1.13. The zero-order chi connectivity index (χ0) is 19.7. The average Bonchev–Trinajstić information content (AvgIpc) is 3.28. The van der Waals surface area contributed by atoms with Crippen molar-refractivity contribution in [2.24, 2.45) is 0 Å². The Morgan fingerprint density at radius 1 is 1.18 bits per heavy atom. The first-order valence-corrected chi connectivity index (χ1v) is 9.82. The largest absolute Gasteiger partial charge is 0.394 e. The number of imidazole rings is 1. The number of aliphatic hydroxyl groups is 3. The van der Waals surface area contributed by atoms with Crippen LogP contribution in [0.25, 0.3) is 11.2 Å². The van der Waals surface area contributed by atoms with Gasteiger partial charge in [0.15, 0.2) is 11.9 Å². The van der Waals surface area contributed by atoms with Crippen LogP contribution in [-0.4, -0.2) is 66.8 Å². The summed E-state index contributed by atoms with van der Waals surface area (Å²) in [6, 6.07) is 10.0. The summed E-state index contributed by atoms with van der Waals surface area (Å²) in [6.07, 6.45) is -2.65. The lowest BCUT2D eigenvalue weighted by molar-refractivity contribution is -0.0511. The van der Waals surface area contributed by atoms with E-state index in [-0.39, 0.29) is 0 Å². The number of anilines is 1. The molecule has 0 amide bonds. The maximum Gasteiger partial charge on any atom is 0.225 e. The lowest BCUT2D eigenvalue weighted by atomic mass is 10.1. The number of aliphatic hydroxyl groups excluding tert-OH is 3. The molecule has 4 atom stereocenters. The third-order valence-electron chi connectivity index (χ3n) is 4.62. The van der Waals surface area contributed by atoms with Crippen LogP contribution in [0.3, 0.4) is 0 Å². The van der Waals surface area contributed by atoms with Crippen LogP contribution in [0.1, 0.15) is 11.8 Å². The number of ether oxygens (including phenoxy) is 1. The molecule has 1 aliphatic rings. The number of nitrogens with zero attached hydrogens (tertiary/aromatic N) is 4. The van der Waals surface area contributed by atoms with Crippen LogP contribution in [0.5, 0.6) is 0 Å². The van der Waals surface area contributed by atoms with Crippen molar-refractivity contribution in [3.63, 3.8) is 0 Å². The van der Waals surface area contributed by atoms with E-state index in [2.05, 4.69) is 20.3 Å². The van der Waals surface area contributed by atoms with Crippen LogP contribution in [0.2, 0.25) is 0 Å². The highest BCUT2D eigenvalue weighted by Crippen LogP contribution is 2.34. The Labute approximate surface area is 165 Å². The van der Waals surface area contributed by atoms with Gasteiger partial charge in [-0.1, -0.05) is 42.1 Å². The van der Waals surface area contributed by atoms with E-state index in [0.717, 1.165) is 11.3 Å². The normalized spacial score (nSPS) is 24.7. The summed E-state index contributed by atoms with van der Waals surface area (Å²) < 4.78 is 7.18. The second-order valence-electron chi connectivity index (χ2n) is 6.43. The monoisotopic (exact) mass is 403 g/mol. The molecular weight excluding hydrogens is 382 g/mol. The molecule has 0 saturated carbocycles. The summed E-state index contributed by atoms with van der Waals surface area (Å²) in [5, 5.41) is 33.3. The van der Waals surface area contributed by atoms with E-state index in [9.17, 15) is 15.3 Å². The second-order valence-corrected chi connectivity index (χ2v) is 7.39. The first-order valence-electron chi connectivity index (χ1n) is 8.84. The molecule has 1 aromatic carbocycles. The maximum absolute atomic E-state index is 10.3. The van der Waals surface area contributed by atoms with Crippen molar-refractivity contribution in [3.8, 4) is 0 Å². The zero-order valence-electron chi connectivity index (χ0n) is 15.1. The van der Waals surface area contributed by atoms with Crippen molar-refractivity contribution in [2.45, 2.75) is 35.3 Å². The highest BCUT2D eigenvalue weighted by molar-refractivity contribution is 7.98. The Morgan fingerprint density at radius 2 is 1.96 bits per heavy atom. The number of hydrogen-bond donors (Lipinski definition) is 4. The van der Waals surface area contributed by atoms with Gasteiger partial charge in [-0.05, 0) is 5.56 Å². The summed E-state index contributed by atoms with van der Waals surface area (Å²) in [7, 11) is 1.72. The van der Waals surface area contributed by atoms with Gasteiger partial charge >= 0.3 is 0 Å². The topological polar surface area (TPSA) is 126 Å². The summed E-state index contributed by atoms with van der Waals surface area (Å²) in [4.78, 5) is 13.4. The minimum Gasteiger partial charge on any atom is -0.394 e. The number of aromatic nitrogens is 4.